The summed E-state index contributed by atoms with van der Waals surface area (Å²) in [5.41, 5.74) is 4.22. The summed E-state index contributed by atoms with van der Waals surface area (Å²) < 4.78 is 33.8. The largest absolute Gasteiger partial charge is 0.494 e. The lowest BCUT2D eigenvalue weighted by Gasteiger charge is -2.25. The molecule has 0 atom stereocenters. The van der Waals surface area contributed by atoms with Gasteiger partial charge in [-0.05, 0) is 74.2 Å². The maximum atomic E-state index is 13.6. The van der Waals surface area contributed by atoms with E-state index < -0.39 is 15.9 Å². The van der Waals surface area contributed by atoms with Gasteiger partial charge in [0.15, 0.2) is 0 Å². The Bertz CT molecular complexity index is 1200. The van der Waals surface area contributed by atoms with Crippen LogP contribution in [-0.4, -0.2) is 27.5 Å². The Morgan fingerprint density at radius 3 is 2.00 bits per heavy atom. The quantitative estimate of drug-likeness (QED) is 0.424. The molecule has 0 aliphatic heterocycles. The fourth-order valence-electron chi connectivity index (χ4n) is 3.74. The first kappa shape index (κ1) is 25.3. The number of hydrogen-bond donors (Lipinski definition) is 1. The second kappa shape index (κ2) is 11.2. The van der Waals surface area contributed by atoms with Crippen LogP contribution >= 0.6 is 0 Å². The molecule has 0 saturated heterocycles. The van der Waals surface area contributed by atoms with E-state index in [2.05, 4.69) is 5.32 Å². The molecule has 0 aromatic heterocycles. The van der Waals surface area contributed by atoms with E-state index in [-0.39, 0.29) is 11.4 Å². The van der Waals surface area contributed by atoms with E-state index in [1.165, 1.54) is 12.1 Å². The first-order chi connectivity index (χ1) is 16.3. The fourth-order valence-corrected chi connectivity index (χ4v) is 5.16. The number of anilines is 2. The van der Waals surface area contributed by atoms with Crippen molar-refractivity contribution in [3.8, 4) is 5.75 Å². The Morgan fingerprint density at radius 1 is 0.882 bits per heavy atom. The Morgan fingerprint density at radius 2 is 1.47 bits per heavy atom. The summed E-state index contributed by atoms with van der Waals surface area (Å²) in [6, 6.07) is 19.3. The topological polar surface area (TPSA) is 75.7 Å². The molecule has 0 aliphatic rings. The van der Waals surface area contributed by atoms with E-state index in [0.29, 0.717) is 18.0 Å². The molecule has 0 heterocycles. The van der Waals surface area contributed by atoms with Crippen molar-refractivity contribution in [2.45, 2.75) is 45.4 Å². The van der Waals surface area contributed by atoms with E-state index in [9.17, 15) is 13.2 Å². The number of carbonyl (C=O) groups is 1. The van der Waals surface area contributed by atoms with Crippen molar-refractivity contribution in [1.29, 1.82) is 0 Å². The standard InChI is InChI=1S/C27H32N2O4S/c1-5-21-9-8-10-22(6-2)27(21)28-26(30)19-29(23-13-11-20(4)12-14-23)34(31,32)25-17-15-24(16-18-25)33-7-3/h8-18H,5-7,19H2,1-4H3,(H,28,30). The summed E-state index contributed by atoms with van der Waals surface area (Å²) in [6.45, 7) is 7.98. The number of sulfonamides is 1. The van der Waals surface area contributed by atoms with Gasteiger partial charge in [0.05, 0.1) is 17.2 Å². The monoisotopic (exact) mass is 480 g/mol. The molecule has 180 valence electrons. The van der Waals surface area contributed by atoms with Gasteiger partial charge >= 0.3 is 0 Å². The molecule has 0 radical (unpaired) electrons. The maximum Gasteiger partial charge on any atom is 0.264 e. The average molecular weight is 481 g/mol. The predicted octanol–water partition coefficient (Wildman–Crippen LogP) is 5.35. The number of nitrogens with zero attached hydrogens (tertiary/aromatic N) is 1. The third-order valence-electron chi connectivity index (χ3n) is 5.60. The number of amides is 1. The molecule has 3 aromatic rings. The average Bonchev–Trinajstić information content (AvgIpc) is 2.84. The van der Waals surface area contributed by atoms with Gasteiger partial charge in [-0.15, -0.1) is 0 Å². The minimum atomic E-state index is -4.00. The van der Waals surface area contributed by atoms with Crippen LogP contribution in [0.15, 0.2) is 71.6 Å². The van der Waals surface area contributed by atoms with Crippen LogP contribution in [0.5, 0.6) is 5.75 Å². The Hall–Kier alpha value is -3.32. The molecule has 6 nitrogen and oxygen atoms in total. The highest BCUT2D eigenvalue weighted by Crippen LogP contribution is 2.27. The summed E-state index contributed by atoms with van der Waals surface area (Å²) >= 11 is 0. The summed E-state index contributed by atoms with van der Waals surface area (Å²) in [4.78, 5) is 13.3. The maximum absolute atomic E-state index is 13.6. The number of hydrogen-bond acceptors (Lipinski definition) is 4. The van der Waals surface area contributed by atoms with Crippen LogP contribution in [0, 0.1) is 6.92 Å². The molecule has 1 N–H and O–H groups in total. The van der Waals surface area contributed by atoms with Crippen molar-refractivity contribution >= 4 is 27.3 Å². The van der Waals surface area contributed by atoms with Crippen molar-refractivity contribution in [3.63, 3.8) is 0 Å². The van der Waals surface area contributed by atoms with Crippen molar-refractivity contribution in [1.82, 2.24) is 0 Å². The lowest BCUT2D eigenvalue weighted by atomic mass is 10.0. The van der Waals surface area contributed by atoms with E-state index in [1.54, 1.807) is 24.3 Å². The van der Waals surface area contributed by atoms with Gasteiger partial charge in [-0.2, -0.15) is 0 Å². The number of para-hydroxylation sites is 1. The fraction of sp³-hybridized carbons (Fsp3) is 0.296. The van der Waals surface area contributed by atoms with Crippen molar-refractivity contribution in [3.05, 3.63) is 83.4 Å². The summed E-state index contributed by atoms with van der Waals surface area (Å²) in [5.74, 6) is 0.190. The molecule has 1 amide bonds. The van der Waals surface area contributed by atoms with Crippen LogP contribution in [0.4, 0.5) is 11.4 Å². The van der Waals surface area contributed by atoms with Crippen LogP contribution in [0.2, 0.25) is 0 Å². The van der Waals surface area contributed by atoms with Gasteiger partial charge in [0.2, 0.25) is 5.91 Å². The van der Waals surface area contributed by atoms with Gasteiger partial charge in [0, 0.05) is 5.69 Å². The summed E-state index contributed by atoms with van der Waals surface area (Å²) in [6.07, 6.45) is 1.52. The number of ether oxygens (including phenoxy) is 1. The minimum absolute atomic E-state index is 0.0903. The van der Waals surface area contributed by atoms with Crippen LogP contribution in [0.1, 0.15) is 37.5 Å². The molecule has 0 saturated carbocycles. The molecule has 0 unspecified atom stereocenters. The number of benzene rings is 3. The molecule has 3 rings (SSSR count). The van der Waals surface area contributed by atoms with E-state index >= 15 is 0 Å². The Labute approximate surface area is 202 Å². The molecule has 0 fully saturated rings. The van der Waals surface area contributed by atoms with Crippen LogP contribution in [0.25, 0.3) is 0 Å². The lowest BCUT2D eigenvalue weighted by Crippen LogP contribution is -2.38. The normalized spacial score (nSPS) is 11.2. The van der Waals surface area contributed by atoms with Crippen molar-refractivity contribution in [2.24, 2.45) is 0 Å². The van der Waals surface area contributed by atoms with Gasteiger partial charge in [0.25, 0.3) is 10.0 Å². The first-order valence-corrected chi connectivity index (χ1v) is 13.0. The molecule has 34 heavy (non-hydrogen) atoms. The van der Waals surface area contributed by atoms with Gasteiger partial charge in [-0.1, -0.05) is 49.7 Å². The number of nitrogens with one attached hydrogen (secondary N) is 1. The third-order valence-corrected chi connectivity index (χ3v) is 7.38. The van der Waals surface area contributed by atoms with Crippen LogP contribution in [0.3, 0.4) is 0 Å². The zero-order valence-electron chi connectivity index (χ0n) is 20.2. The Balaban J connectivity index is 1.96. The predicted molar refractivity (Wildman–Crippen MR) is 137 cm³/mol. The van der Waals surface area contributed by atoms with Crippen molar-refractivity contribution < 1.29 is 17.9 Å². The molecular weight excluding hydrogens is 448 g/mol. The zero-order valence-corrected chi connectivity index (χ0v) is 21.0. The molecule has 7 heteroatoms. The van der Waals surface area contributed by atoms with Gasteiger partial charge in [-0.3, -0.25) is 9.10 Å². The van der Waals surface area contributed by atoms with Crippen LogP contribution < -0.4 is 14.4 Å². The number of rotatable bonds is 10. The smallest absolute Gasteiger partial charge is 0.264 e. The van der Waals surface area contributed by atoms with Gasteiger partial charge in [-0.25, -0.2) is 8.42 Å². The van der Waals surface area contributed by atoms with E-state index in [4.69, 9.17) is 4.74 Å². The highest BCUT2D eigenvalue weighted by molar-refractivity contribution is 7.92. The number of carbonyl (C=O) groups excluding carboxylic acids is 1. The highest BCUT2D eigenvalue weighted by Gasteiger charge is 2.27. The molecule has 0 aliphatic carbocycles. The van der Waals surface area contributed by atoms with Gasteiger partial charge < -0.3 is 10.1 Å². The molecule has 0 spiro atoms. The molecular formula is C27H32N2O4S. The van der Waals surface area contributed by atoms with Crippen molar-refractivity contribution in [2.75, 3.05) is 22.8 Å². The lowest BCUT2D eigenvalue weighted by molar-refractivity contribution is -0.114. The number of aryl methyl sites for hydroxylation is 3. The SMILES string of the molecule is CCOc1ccc(S(=O)(=O)N(CC(=O)Nc2c(CC)cccc2CC)c2ccc(C)cc2)cc1. The van der Waals surface area contributed by atoms with E-state index in [1.807, 2.05) is 58.0 Å². The first-order valence-electron chi connectivity index (χ1n) is 11.5. The highest BCUT2D eigenvalue weighted by atomic mass is 32.2. The third kappa shape index (κ3) is 5.78. The second-order valence-electron chi connectivity index (χ2n) is 7.96. The van der Waals surface area contributed by atoms with E-state index in [0.717, 1.165) is 39.5 Å². The zero-order chi connectivity index (χ0) is 24.7. The van der Waals surface area contributed by atoms with Crippen LogP contribution in [-0.2, 0) is 27.7 Å². The second-order valence-corrected chi connectivity index (χ2v) is 9.82. The van der Waals surface area contributed by atoms with Gasteiger partial charge in [0.1, 0.15) is 12.3 Å². The Kier molecular flexibility index (Phi) is 8.34. The summed E-state index contributed by atoms with van der Waals surface area (Å²) in [7, 11) is -4.00. The summed E-state index contributed by atoms with van der Waals surface area (Å²) in [5, 5.41) is 2.98. The molecule has 3 aromatic carbocycles. The molecule has 0 bridgehead atoms. The minimum Gasteiger partial charge on any atom is -0.494 e.